The highest BCUT2D eigenvalue weighted by molar-refractivity contribution is 5.98. The maximum atomic E-state index is 13.0. The lowest BCUT2D eigenvalue weighted by atomic mass is 10.2. The lowest BCUT2D eigenvalue weighted by molar-refractivity contribution is 0.0726. The molecule has 0 aromatic carbocycles. The highest BCUT2D eigenvalue weighted by Crippen LogP contribution is 2.33. The van der Waals surface area contributed by atoms with Crippen LogP contribution < -0.4 is 9.80 Å². The quantitative estimate of drug-likeness (QED) is 0.677. The number of piperazine rings is 1. The number of methoxy groups -OCH3 is 1. The van der Waals surface area contributed by atoms with Gasteiger partial charge in [0.1, 0.15) is 11.5 Å². The van der Waals surface area contributed by atoms with Crippen LogP contribution in [-0.4, -0.2) is 104 Å². The van der Waals surface area contributed by atoms with Crippen LogP contribution in [0.15, 0.2) is 0 Å². The van der Waals surface area contributed by atoms with Crippen LogP contribution in [0.25, 0.3) is 0 Å². The molecule has 160 valence electrons. The molecule has 3 aliphatic rings. The molecule has 4 rings (SSSR count). The number of hydrogen-bond acceptors (Lipinski definition) is 8. The number of morpholine rings is 1. The van der Waals surface area contributed by atoms with Crippen LogP contribution in [0.3, 0.4) is 0 Å². The third-order valence-electron chi connectivity index (χ3n) is 5.97. The van der Waals surface area contributed by atoms with E-state index in [9.17, 15) is 4.79 Å². The number of ether oxygens (including phenoxy) is 2. The lowest BCUT2D eigenvalue weighted by Gasteiger charge is -2.36. The van der Waals surface area contributed by atoms with Crippen molar-refractivity contribution in [3.8, 4) is 0 Å². The third kappa shape index (κ3) is 4.17. The third-order valence-corrected chi connectivity index (χ3v) is 5.97. The average Bonchev–Trinajstić information content (AvgIpc) is 3.09. The Morgan fingerprint density at radius 2 is 1.76 bits per heavy atom. The Kier molecular flexibility index (Phi) is 6.17. The van der Waals surface area contributed by atoms with Crippen molar-refractivity contribution >= 4 is 17.7 Å². The molecule has 3 aliphatic heterocycles. The predicted molar refractivity (Wildman–Crippen MR) is 111 cm³/mol. The van der Waals surface area contributed by atoms with Gasteiger partial charge in [0.25, 0.3) is 5.91 Å². The van der Waals surface area contributed by atoms with Crippen molar-refractivity contribution < 1.29 is 14.3 Å². The van der Waals surface area contributed by atoms with Crippen molar-refractivity contribution in [1.82, 2.24) is 19.8 Å². The van der Waals surface area contributed by atoms with Crippen molar-refractivity contribution in [2.75, 3.05) is 82.5 Å². The van der Waals surface area contributed by atoms with Crippen LogP contribution in [0.1, 0.15) is 29.9 Å². The van der Waals surface area contributed by atoms with Crippen LogP contribution in [0.2, 0.25) is 0 Å². The Hall–Kier alpha value is -1.97. The molecule has 0 spiro atoms. The van der Waals surface area contributed by atoms with Crippen molar-refractivity contribution in [3.05, 3.63) is 11.3 Å². The summed E-state index contributed by atoms with van der Waals surface area (Å²) in [6.45, 7) is 13.0. The van der Waals surface area contributed by atoms with E-state index in [1.165, 1.54) is 0 Å². The second-order valence-electron chi connectivity index (χ2n) is 8.12. The maximum absolute atomic E-state index is 13.0. The molecule has 0 aliphatic carbocycles. The molecule has 1 amide bonds. The number of carbonyl (C=O) groups is 1. The van der Waals surface area contributed by atoms with Gasteiger partial charge in [-0.05, 0) is 13.8 Å². The highest BCUT2D eigenvalue weighted by Gasteiger charge is 2.36. The normalized spacial score (nSPS) is 20.7. The molecule has 0 saturated carbocycles. The van der Waals surface area contributed by atoms with E-state index in [0.29, 0.717) is 31.4 Å². The molecule has 0 radical (unpaired) electrons. The monoisotopic (exact) mass is 404 g/mol. The number of aromatic nitrogens is 2. The summed E-state index contributed by atoms with van der Waals surface area (Å²) >= 11 is 0. The van der Waals surface area contributed by atoms with E-state index in [0.717, 1.165) is 63.8 Å². The number of nitrogens with zero attached hydrogens (tertiary/aromatic N) is 6. The first kappa shape index (κ1) is 20.3. The van der Waals surface area contributed by atoms with Gasteiger partial charge in [-0.15, -0.1) is 0 Å². The first-order valence-electron chi connectivity index (χ1n) is 10.6. The van der Waals surface area contributed by atoms with Gasteiger partial charge in [-0.1, -0.05) is 0 Å². The molecule has 0 bridgehead atoms. The molecule has 9 nitrogen and oxygen atoms in total. The van der Waals surface area contributed by atoms with Crippen LogP contribution in [-0.2, 0) is 16.0 Å². The van der Waals surface area contributed by atoms with Crippen molar-refractivity contribution in [2.45, 2.75) is 26.4 Å². The number of anilines is 2. The number of amides is 1. The summed E-state index contributed by atoms with van der Waals surface area (Å²) in [6, 6.07) is 0.141. The van der Waals surface area contributed by atoms with Crippen LogP contribution >= 0.6 is 0 Å². The van der Waals surface area contributed by atoms with Gasteiger partial charge in [0, 0.05) is 64.5 Å². The molecule has 2 fully saturated rings. The van der Waals surface area contributed by atoms with E-state index in [2.05, 4.69) is 14.7 Å². The molecule has 29 heavy (non-hydrogen) atoms. The van der Waals surface area contributed by atoms with Crippen LogP contribution in [0.5, 0.6) is 0 Å². The first-order valence-corrected chi connectivity index (χ1v) is 10.6. The van der Waals surface area contributed by atoms with Gasteiger partial charge >= 0.3 is 0 Å². The summed E-state index contributed by atoms with van der Waals surface area (Å²) in [5.74, 6) is 1.61. The van der Waals surface area contributed by atoms with E-state index >= 15 is 0 Å². The molecule has 2 saturated heterocycles. The molecule has 0 atom stereocenters. The summed E-state index contributed by atoms with van der Waals surface area (Å²) in [7, 11) is 1.74. The van der Waals surface area contributed by atoms with E-state index in [-0.39, 0.29) is 11.9 Å². The minimum absolute atomic E-state index is 0.0203. The van der Waals surface area contributed by atoms with Crippen molar-refractivity contribution in [2.24, 2.45) is 0 Å². The lowest BCUT2D eigenvalue weighted by Crippen LogP contribution is -2.48. The van der Waals surface area contributed by atoms with E-state index < -0.39 is 0 Å². The van der Waals surface area contributed by atoms with Crippen molar-refractivity contribution in [3.63, 3.8) is 0 Å². The zero-order valence-electron chi connectivity index (χ0n) is 17.8. The number of carbonyl (C=O) groups excluding carboxylic acids is 1. The summed E-state index contributed by atoms with van der Waals surface area (Å²) in [4.78, 5) is 31.5. The fourth-order valence-electron chi connectivity index (χ4n) is 4.15. The van der Waals surface area contributed by atoms with Gasteiger partial charge in [-0.25, -0.2) is 4.98 Å². The van der Waals surface area contributed by atoms with Gasteiger partial charge in [0.15, 0.2) is 0 Å². The Labute approximate surface area is 172 Å². The van der Waals surface area contributed by atoms with Gasteiger partial charge in [0.2, 0.25) is 5.95 Å². The van der Waals surface area contributed by atoms with Gasteiger partial charge in [0.05, 0.1) is 26.4 Å². The largest absolute Gasteiger partial charge is 0.383 e. The topological polar surface area (TPSA) is 74.3 Å². The number of hydrogen-bond donors (Lipinski definition) is 0. The first-order chi connectivity index (χ1) is 14.1. The van der Waals surface area contributed by atoms with E-state index in [1.807, 2.05) is 18.7 Å². The Balaban J connectivity index is 1.61. The molecule has 4 heterocycles. The molecular formula is C20H32N6O3. The molecule has 1 aromatic rings. The summed E-state index contributed by atoms with van der Waals surface area (Å²) < 4.78 is 10.7. The second-order valence-corrected chi connectivity index (χ2v) is 8.12. The Bertz CT molecular complexity index is 729. The average molecular weight is 405 g/mol. The predicted octanol–water partition coefficient (Wildman–Crippen LogP) is 0.446. The summed E-state index contributed by atoms with van der Waals surface area (Å²) in [5.41, 5.74) is 1.55. The second kappa shape index (κ2) is 8.81. The Morgan fingerprint density at radius 3 is 2.41 bits per heavy atom. The minimum Gasteiger partial charge on any atom is -0.383 e. The Morgan fingerprint density at radius 1 is 1.03 bits per heavy atom. The molecule has 0 unspecified atom stereocenters. The van der Waals surface area contributed by atoms with Gasteiger partial charge < -0.3 is 24.2 Å². The number of rotatable bonds is 6. The minimum atomic E-state index is 0.0203. The zero-order chi connectivity index (χ0) is 20.4. The molecule has 1 aromatic heterocycles. The van der Waals surface area contributed by atoms with Crippen LogP contribution in [0.4, 0.5) is 11.8 Å². The van der Waals surface area contributed by atoms with Crippen molar-refractivity contribution in [1.29, 1.82) is 0 Å². The standard InChI is InChI=1S/C20H32N6O3/c1-15(2)26-14-16-17(19(26)27)21-20(25-9-12-29-13-10-25)22-18(16)24-6-4-23(5-7-24)8-11-28-3/h15H,4-14H2,1-3H3. The van der Waals surface area contributed by atoms with Gasteiger partial charge in [-0.3, -0.25) is 9.69 Å². The smallest absolute Gasteiger partial charge is 0.273 e. The van der Waals surface area contributed by atoms with Gasteiger partial charge in [-0.2, -0.15) is 4.98 Å². The maximum Gasteiger partial charge on any atom is 0.273 e. The summed E-state index contributed by atoms with van der Waals surface area (Å²) in [6.07, 6.45) is 0. The summed E-state index contributed by atoms with van der Waals surface area (Å²) in [5, 5.41) is 0. The highest BCUT2D eigenvalue weighted by atomic mass is 16.5. The number of fused-ring (bicyclic) bond motifs is 1. The zero-order valence-corrected chi connectivity index (χ0v) is 17.8. The van der Waals surface area contributed by atoms with E-state index in [1.54, 1.807) is 7.11 Å². The molecule has 0 N–H and O–H groups in total. The van der Waals surface area contributed by atoms with E-state index in [4.69, 9.17) is 19.4 Å². The fraction of sp³-hybridized carbons (Fsp3) is 0.750. The molecular weight excluding hydrogens is 372 g/mol. The van der Waals surface area contributed by atoms with Crippen LogP contribution in [0, 0.1) is 0 Å². The SMILES string of the molecule is COCCN1CCN(c2nc(N3CCOCC3)nc3c2CN(C(C)C)C3=O)CC1. The molecule has 9 heteroatoms. The fourth-order valence-corrected chi connectivity index (χ4v) is 4.15.